The van der Waals surface area contributed by atoms with Gasteiger partial charge in [0.1, 0.15) is 6.07 Å². The van der Waals surface area contributed by atoms with Crippen molar-refractivity contribution in [2.45, 2.75) is 19.9 Å². The third kappa shape index (κ3) is 3.19. The van der Waals surface area contributed by atoms with Crippen molar-refractivity contribution >= 4 is 5.88 Å². The zero-order valence-electron chi connectivity index (χ0n) is 14.4. The van der Waals surface area contributed by atoms with Crippen LogP contribution in [0.3, 0.4) is 0 Å². The van der Waals surface area contributed by atoms with Gasteiger partial charge in [-0.3, -0.25) is 4.90 Å². The zero-order valence-corrected chi connectivity index (χ0v) is 14.4. The molecule has 1 aliphatic rings. The molecule has 0 amide bonds. The van der Waals surface area contributed by atoms with Crippen LogP contribution in [0, 0.1) is 11.3 Å². The summed E-state index contributed by atoms with van der Waals surface area (Å²) >= 11 is 0. The van der Waals surface area contributed by atoms with E-state index in [1.807, 2.05) is 11.8 Å². The SMILES string of the molecule is CCc1noc(CN2CCN(c3oc(-c4ccco4)nc3C#N)CC2)n1. The fourth-order valence-electron chi connectivity index (χ4n) is 2.90. The average molecular weight is 354 g/mol. The van der Waals surface area contributed by atoms with Gasteiger partial charge in [0.05, 0.1) is 12.8 Å². The molecule has 0 radical (unpaired) electrons. The van der Waals surface area contributed by atoms with Crippen LogP contribution in [0.1, 0.15) is 24.3 Å². The van der Waals surface area contributed by atoms with Crippen LogP contribution >= 0.6 is 0 Å². The standard InChI is InChI=1S/C17H18N6O3/c1-2-14-20-15(26-21-14)11-22-5-7-23(8-6-22)17-12(10-18)19-16(25-17)13-4-3-9-24-13/h3-4,9H,2,5-8,11H2,1H3. The Balaban J connectivity index is 1.42. The van der Waals surface area contributed by atoms with Crippen LogP contribution in [0.2, 0.25) is 0 Å². The molecule has 9 nitrogen and oxygen atoms in total. The van der Waals surface area contributed by atoms with Crippen molar-refractivity contribution in [3.05, 3.63) is 35.8 Å². The smallest absolute Gasteiger partial charge is 0.266 e. The second kappa shape index (κ2) is 7.01. The van der Waals surface area contributed by atoms with E-state index in [-0.39, 0.29) is 5.69 Å². The summed E-state index contributed by atoms with van der Waals surface area (Å²) in [6, 6.07) is 5.61. The number of nitriles is 1. The lowest BCUT2D eigenvalue weighted by Gasteiger charge is -2.33. The van der Waals surface area contributed by atoms with Crippen LogP contribution in [0.25, 0.3) is 11.7 Å². The average Bonchev–Trinajstić information content (AvgIpc) is 3.42. The highest BCUT2D eigenvalue weighted by Gasteiger charge is 2.26. The molecule has 0 aromatic carbocycles. The summed E-state index contributed by atoms with van der Waals surface area (Å²) in [4.78, 5) is 12.8. The molecule has 0 bridgehead atoms. The molecule has 26 heavy (non-hydrogen) atoms. The largest absolute Gasteiger partial charge is 0.459 e. The topological polar surface area (TPSA) is 108 Å². The summed E-state index contributed by atoms with van der Waals surface area (Å²) in [6.07, 6.45) is 2.31. The van der Waals surface area contributed by atoms with Crippen LogP contribution in [-0.2, 0) is 13.0 Å². The molecule has 3 aromatic rings. The molecule has 3 aromatic heterocycles. The molecular formula is C17H18N6O3. The molecule has 1 aliphatic heterocycles. The fraction of sp³-hybridized carbons (Fsp3) is 0.412. The number of aromatic nitrogens is 3. The van der Waals surface area contributed by atoms with Crippen molar-refractivity contribution in [1.82, 2.24) is 20.0 Å². The minimum Gasteiger partial charge on any atom is -0.459 e. The van der Waals surface area contributed by atoms with Gasteiger partial charge < -0.3 is 18.3 Å². The van der Waals surface area contributed by atoms with Gasteiger partial charge in [-0.1, -0.05) is 12.1 Å². The number of hydrogen-bond donors (Lipinski definition) is 0. The second-order valence-electron chi connectivity index (χ2n) is 5.98. The second-order valence-corrected chi connectivity index (χ2v) is 5.98. The maximum Gasteiger partial charge on any atom is 0.266 e. The fourth-order valence-corrected chi connectivity index (χ4v) is 2.90. The predicted octanol–water partition coefficient (Wildman–Crippen LogP) is 2.07. The Bertz CT molecular complexity index is 899. The van der Waals surface area contributed by atoms with Crippen molar-refractivity contribution < 1.29 is 13.4 Å². The van der Waals surface area contributed by atoms with Gasteiger partial charge in [0.15, 0.2) is 11.6 Å². The lowest BCUT2D eigenvalue weighted by atomic mass is 10.3. The molecule has 4 rings (SSSR count). The number of oxazole rings is 1. The van der Waals surface area contributed by atoms with Gasteiger partial charge in [-0.05, 0) is 12.1 Å². The lowest BCUT2D eigenvalue weighted by Crippen LogP contribution is -2.46. The quantitative estimate of drug-likeness (QED) is 0.680. The number of anilines is 1. The summed E-state index contributed by atoms with van der Waals surface area (Å²) in [5.41, 5.74) is 0.273. The number of furan rings is 1. The first kappa shape index (κ1) is 16.4. The molecule has 0 saturated carbocycles. The van der Waals surface area contributed by atoms with E-state index >= 15 is 0 Å². The van der Waals surface area contributed by atoms with Gasteiger partial charge in [-0.15, -0.1) is 0 Å². The van der Waals surface area contributed by atoms with E-state index in [4.69, 9.17) is 13.4 Å². The van der Waals surface area contributed by atoms with Gasteiger partial charge in [0, 0.05) is 32.6 Å². The summed E-state index contributed by atoms with van der Waals surface area (Å²) in [5, 5.41) is 13.3. The van der Waals surface area contributed by atoms with Gasteiger partial charge in [-0.2, -0.15) is 15.2 Å². The predicted molar refractivity (Wildman–Crippen MR) is 90.1 cm³/mol. The van der Waals surface area contributed by atoms with Crippen molar-refractivity contribution in [3.8, 4) is 17.7 Å². The molecule has 134 valence electrons. The molecule has 4 heterocycles. The van der Waals surface area contributed by atoms with E-state index in [1.54, 1.807) is 18.4 Å². The van der Waals surface area contributed by atoms with Crippen molar-refractivity contribution in [2.24, 2.45) is 0 Å². The molecule has 1 saturated heterocycles. The highest BCUT2D eigenvalue weighted by Crippen LogP contribution is 2.29. The van der Waals surface area contributed by atoms with E-state index in [0.717, 1.165) is 38.4 Å². The van der Waals surface area contributed by atoms with E-state index in [0.29, 0.717) is 30.0 Å². The van der Waals surface area contributed by atoms with E-state index in [2.05, 4.69) is 26.1 Å². The monoisotopic (exact) mass is 354 g/mol. The van der Waals surface area contributed by atoms with Crippen molar-refractivity contribution in [2.75, 3.05) is 31.1 Å². The number of piperazine rings is 1. The highest BCUT2D eigenvalue weighted by molar-refractivity contribution is 5.55. The molecular weight excluding hydrogens is 336 g/mol. The zero-order chi connectivity index (χ0) is 17.9. The Morgan fingerprint density at radius 3 is 2.73 bits per heavy atom. The van der Waals surface area contributed by atoms with Crippen LogP contribution in [-0.4, -0.2) is 46.2 Å². The van der Waals surface area contributed by atoms with E-state index in [1.165, 1.54) is 0 Å². The van der Waals surface area contributed by atoms with Gasteiger partial charge >= 0.3 is 0 Å². The van der Waals surface area contributed by atoms with Gasteiger partial charge in [0.2, 0.25) is 17.5 Å². The molecule has 0 unspecified atom stereocenters. The normalized spacial score (nSPS) is 15.3. The Morgan fingerprint density at radius 1 is 1.23 bits per heavy atom. The first-order valence-corrected chi connectivity index (χ1v) is 8.50. The van der Waals surface area contributed by atoms with Crippen LogP contribution < -0.4 is 4.90 Å². The molecule has 9 heteroatoms. The third-order valence-corrected chi connectivity index (χ3v) is 4.29. The summed E-state index contributed by atoms with van der Waals surface area (Å²) in [5.74, 6) is 2.68. The van der Waals surface area contributed by atoms with Crippen LogP contribution in [0.5, 0.6) is 0 Å². The van der Waals surface area contributed by atoms with E-state index < -0.39 is 0 Å². The van der Waals surface area contributed by atoms with Crippen LogP contribution in [0.4, 0.5) is 5.88 Å². The Morgan fingerprint density at radius 2 is 2.08 bits per heavy atom. The number of nitrogens with zero attached hydrogens (tertiary/aromatic N) is 6. The van der Waals surface area contributed by atoms with Gasteiger partial charge in [0.25, 0.3) is 5.89 Å². The Kier molecular flexibility index (Phi) is 4.41. The minimum absolute atomic E-state index is 0.273. The molecule has 0 N–H and O–H groups in total. The first-order valence-electron chi connectivity index (χ1n) is 8.50. The molecule has 0 spiro atoms. The Labute approximate surface area is 149 Å². The molecule has 0 atom stereocenters. The first-order chi connectivity index (χ1) is 12.8. The number of hydrogen-bond acceptors (Lipinski definition) is 9. The maximum atomic E-state index is 9.36. The lowest BCUT2D eigenvalue weighted by molar-refractivity contribution is 0.213. The summed E-state index contributed by atoms with van der Waals surface area (Å²) in [6.45, 7) is 5.65. The highest BCUT2D eigenvalue weighted by atomic mass is 16.5. The van der Waals surface area contributed by atoms with Crippen molar-refractivity contribution in [3.63, 3.8) is 0 Å². The number of aryl methyl sites for hydroxylation is 1. The van der Waals surface area contributed by atoms with Crippen LogP contribution in [0.15, 0.2) is 31.8 Å². The summed E-state index contributed by atoms with van der Waals surface area (Å²) < 4.78 is 16.4. The summed E-state index contributed by atoms with van der Waals surface area (Å²) in [7, 11) is 0. The minimum atomic E-state index is 0.273. The van der Waals surface area contributed by atoms with Gasteiger partial charge in [-0.25, -0.2) is 0 Å². The molecule has 1 fully saturated rings. The third-order valence-electron chi connectivity index (χ3n) is 4.29. The molecule has 0 aliphatic carbocycles. The Hall–Kier alpha value is -3.12. The van der Waals surface area contributed by atoms with Crippen molar-refractivity contribution in [1.29, 1.82) is 5.26 Å². The maximum absolute atomic E-state index is 9.36. The number of rotatable bonds is 5. The van der Waals surface area contributed by atoms with E-state index in [9.17, 15) is 5.26 Å².